The fourth-order valence-corrected chi connectivity index (χ4v) is 2.10. The van der Waals surface area contributed by atoms with E-state index < -0.39 is 36.1 Å². The zero-order valence-corrected chi connectivity index (χ0v) is 10.8. The summed E-state index contributed by atoms with van der Waals surface area (Å²) in [6, 6.07) is 4.49. The Morgan fingerprint density at radius 1 is 1.40 bits per heavy atom. The fourth-order valence-electron chi connectivity index (χ4n) is 2.10. The first-order chi connectivity index (χ1) is 9.43. The second-order valence-corrected chi connectivity index (χ2v) is 4.68. The van der Waals surface area contributed by atoms with Crippen LogP contribution in [-0.2, 0) is 4.74 Å². The van der Waals surface area contributed by atoms with Gasteiger partial charge in [-0.25, -0.2) is 0 Å². The Morgan fingerprint density at radius 2 is 2.10 bits per heavy atom. The molecule has 1 aromatic carbocycles. The van der Waals surface area contributed by atoms with Crippen LogP contribution in [0.15, 0.2) is 18.2 Å². The minimum absolute atomic E-state index is 0.159. The Balaban J connectivity index is 2.22. The van der Waals surface area contributed by atoms with E-state index in [1.54, 1.807) is 19.1 Å². The number of benzene rings is 1. The molecule has 8 nitrogen and oxygen atoms in total. The third-order valence-corrected chi connectivity index (χ3v) is 3.19. The van der Waals surface area contributed by atoms with Crippen molar-refractivity contribution in [2.75, 3.05) is 11.9 Å². The third-order valence-electron chi connectivity index (χ3n) is 3.19. The summed E-state index contributed by atoms with van der Waals surface area (Å²) in [4.78, 5) is 10.4. The molecule has 4 N–H and O–H groups in total. The highest BCUT2D eigenvalue weighted by Crippen LogP contribution is 2.29. The second-order valence-electron chi connectivity index (χ2n) is 4.68. The average Bonchev–Trinajstić information content (AvgIpc) is 2.66. The van der Waals surface area contributed by atoms with Crippen LogP contribution >= 0.6 is 0 Å². The Morgan fingerprint density at radius 3 is 2.65 bits per heavy atom. The van der Waals surface area contributed by atoms with Crippen molar-refractivity contribution in [3.63, 3.8) is 0 Å². The van der Waals surface area contributed by atoms with E-state index in [4.69, 9.17) is 9.84 Å². The van der Waals surface area contributed by atoms with Crippen LogP contribution in [0.25, 0.3) is 0 Å². The molecule has 2 rings (SSSR count). The molecule has 0 bridgehead atoms. The van der Waals surface area contributed by atoms with Gasteiger partial charge in [0.05, 0.1) is 11.5 Å². The molecule has 20 heavy (non-hydrogen) atoms. The minimum atomic E-state index is -1.28. The van der Waals surface area contributed by atoms with Crippen LogP contribution in [0, 0.1) is 17.0 Å². The van der Waals surface area contributed by atoms with Gasteiger partial charge >= 0.3 is 0 Å². The van der Waals surface area contributed by atoms with Crippen molar-refractivity contribution in [3.05, 3.63) is 33.9 Å². The molecule has 0 unspecified atom stereocenters. The largest absolute Gasteiger partial charge is 0.394 e. The van der Waals surface area contributed by atoms with Crippen molar-refractivity contribution in [1.29, 1.82) is 0 Å². The topological polar surface area (TPSA) is 125 Å². The molecule has 1 heterocycles. The second kappa shape index (κ2) is 5.71. The smallest absolute Gasteiger partial charge is 0.292 e. The monoisotopic (exact) mass is 284 g/mol. The van der Waals surface area contributed by atoms with Gasteiger partial charge in [-0.05, 0) is 18.6 Å². The molecule has 1 aromatic rings. The summed E-state index contributed by atoms with van der Waals surface area (Å²) in [5.74, 6) is 0. The van der Waals surface area contributed by atoms with Gasteiger partial charge in [-0.2, -0.15) is 0 Å². The standard InChI is InChI=1S/C12H16N2O6/c1-6-2-3-8(14(18)19)7(4-6)13-12-11(17)10(16)9(5-15)20-12/h2-4,9-13,15-17H,5H2,1H3/t9-,10+,11+,12-/m1/s1. The van der Waals surface area contributed by atoms with Crippen LogP contribution in [0.4, 0.5) is 11.4 Å². The van der Waals surface area contributed by atoms with Crippen LogP contribution in [0.3, 0.4) is 0 Å². The molecule has 0 spiro atoms. The van der Waals surface area contributed by atoms with E-state index in [1.165, 1.54) is 6.07 Å². The number of rotatable bonds is 4. The van der Waals surface area contributed by atoms with Gasteiger partial charge in [0.1, 0.15) is 24.0 Å². The first kappa shape index (κ1) is 14.7. The highest BCUT2D eigenvalue weighted by atomic mass is 16.6. The fraction of sp³-hybridized carbons (Fsp3) is 0.500. The molecule has 0 radical (unpaired) electrons. The molecule has 110 valence electrons. The molecule has 0 amide bonds. The molecule has 0 aliphatic carbocycles. The van der Waals surface area contributed by atoms with Crippen molar-refractivity contribution in [1.82, 2.24) is 0 Å². The maximum absolute atomic E-state index is 10.9. The SMILES string of the molecule is Cc1ccc([N+](=O)[O-])c(N[C@@H]2O[C@H](CO)[C@H](O)[C@@H]2O)c1. The summed E-state index contributed by atoms with van der Waals surface area (Å²) >= 11 is 0. The van der Waals surface area contributed by atoms with Crippen molar-refractivity contribution in [3.8, 4) is 0 Å². The normalized spacial score (nSPS) is 29.4. The van der Waals surface area contributed by atoms with Crippen molar-refractivity contribution in [2.24, 2.45) is 0 Å². The molecular formula is C12H16N2O6. The van der Waals surface area contributed by atoms with Crippen LogP contribution in [0.1, 0.15) is 5.56 Å². The average molecular weight is 284 g/mol. The molecule has 8 heteroatoms. The number of hydrogen-bond donors (Lipinski definition) is 4. The van der Waals surface area contributed by atoms with Gasteiger partial charge in [0.2, 0.25) is 0 Å². The zero-order chi connectivity index (χ0) is 14.9. The number of nitro groups is 1. The summed E-state index contributed by atoms with van der Waals surface area (Å²) in [6.45, 7) is 1.32. The van der Waals surface area contributed by atoms with Crippen LogP contribution in [-0.4, -0.2) is 51.4 Å². The van der Waals surface area contributed by atoms with Crippen molar-refractivity contribution >= 4 is 11.4 Å². The predicted molar refractivity (Wildman–Crippen MR) is 69.2 cm³/mol. The Labute approximate surface area is 114 Å². The number of aryl methyl sites for hydroxylation is 1. The molecule has 1 aliphatic rings. The summed E-state index contributed by atoms with van der Waals surface area (Å²) < 4.78 is 5.23. The number of aliphatic hydroxyl groups excluding tert-OH is 3. The molecule has 1 fully saturated rings. The van der Waals surface area contributed by atoms with E-state index in [0.29, 0.717) is 0 Å². The minimum Gasteiger partial charge on any atom is -0.394 e. The maximum atomic E-state index is 10.9. The number of ether oxygens (including phenoxy) is 1. The van der Waals surface area contributed by atoms with E-state index in [2.05, 4.69) is 5.32 Å². The van der Waals surface area contributed by atoms with Gasteiger partial charge in [-0.15, -0.1) is 0 Å². The van der Waals surface area contributed by atoms with Gasteiger partial charge in [-0.1, -0.05) is 6.07 Å². The summed E-state index contributed by atoms with van der Waals surface area (Å²) in [5, 5.41) is 42.1. The molecule has 4 atom stereocenters. The van der Waals surface area contributed by atoms with Gasteiger partial charge in [0, 0.05) is 6.07 Å². The number of nitro benzene ring substituents is 1. The first-order valence-electron chi connectivity index (χ1n) is 6.08. The highest BCUT2D eigenvalue weighted by molar-refractivity contribution is 5.63. The lowest BCUT2D eigenvalue weighted by atomic mass is 10.1. The zero-order valence-electron chi connectivity index (χ0n) is 10.8. The van der Waals surface area contributed by atoms with E-state index in [0.717, 1.165) is 5.56 Å². The molecule has 0 aromatic heterocycles. The van der Waals surface area contributed by atoms with Gasteiger partial charge in [-0.3, -0.25) is 10.1 Å². The van der Waals surface area contributed by atoms with Gasteiger partial charge < -0.3 is 25.4 Å². The summed E-state index contributed by atoms with van der Waals surface area (Å²) in [7, 11) is 0. The maximum Gasteiger partial charge on any atom is 0.292 e. The lowest BCUT2D eigenvalue weighted by Gasteiger charge is -2.17. The molecule has 1 saturated heterocycles. The lowest BCUT2D eigenvalue weighted by molar-refractivity contribution is -0.384. The first-order valence-corrected chi connectivity index (χ1v) is 6.08. The Kier molecular flexibility index (Phi) is 4.19. The van der Waals surface area contributed by atoms with Gasteiger partial charge in [0.15, 0.2) is 6.23 Å². The number of nitrogens with one attached hydrogen (secondary N) is 1. The van der Waals surface area contributed by atoms with Gasteiger partial charge in [0.25, 0.3) is 5.69 Å². The van der Waals surface area contributed by atoms with Crippen LogP contribution in [0.5, 0.6) is 0 Å². The molecule has 0 saturated carbocycles. The number of aliphatic hydroxyl groups is 3. The van der Waals surface area contributed by atoms with Crippen molar-refractivity contribution in [2.45, 2.75) is 31.5 Å². The number of hydrogen-bond acceptors (Lipinski definition) is 7. The predicted octanol–water partition coefficient (Wildman–Crippen LogP) is -0.246. The van der Waals surface area contributed by atoms with E-state index in [9.17, 15) is 20.3 Å². The van der Waals surface area contributed by atoms with Crippen LogP contribution < -0.4 is 5.32 Å². The highest BCUT2D eigenvalue weighted by Gasteiger charge is 2.42. The van der Waals surface area contributed by atoms with E-state index >= 15 is 0 Å². The Hall–Kier alpha value is -1.74. The molecule has 1 aliphatic heterocycles. The summed E-state index contributed by atoms with van der Waals surface area (Å²) in [5.41, 5.74) is 0.822. The lowest BCUT2D eigenvalue weighted by Crippen LogP contribution is -2.36. The number of anilines is 1. The Bertz CT molecular complexity index is 509. The molecular weight excluding hydrogens is 268 g/mol. The van der Waals surface area contributed by atoms with Crippen molar-refractivity contribution < 1.29 is 25.0 Å². The number of nitrogens with zero attached hydrogens (tertiary/aromatic N) is 1. The van der Waals surface area contributed by atoms with Crippen LogP contribution in [0.2, 0.25) is 0 Å². The van der Waals surface area contributed by atoms with E-state index in [-0.39, 0.29) is 11.4 Å². The quantitative estimate of drug-likeness (QED) is 0.444. The third kappa shape index (κ3) is 2.73. The van der Waals surface area contributed by atoms with E-state index in [1.807, 2.05) is 0 Å². The summed E-state index contributed by atoms with van der Waals surface area (Å²) in [6.07, 6.45) is -4.48.